The molecule has 0 spiro atoms. The van der Waals surface area contributed by atoms with Crippen LogP contribution in [0.3, 0.4) is 0 Å². The second-order valence-electron chi connectivity index (χ2n) is 3.66. The van der Waals surface area contributed by atoms with Gasteiger partial charge in [0.1, 0.15) is 0 Å². The van der Waals surface area contributed by atoms with Gasteiger partial charge >= 0.3 is 5.97 Å². The fraction of sp³-hybridized carbons (Fsp3) is 0.417. The minimum Gasteiger partial charge on any atom is -0.493 e. The van der Waals surface area contributed by atoms with Crippen LogP contribution in [0.4, 0.5) is 0 Å². The average molecular weight is 259 g/mol. The molecule has 94 valence electrons. The van der Waals surface area contributed by atoms with Gasteiger partial charge in [0.15, 0.2) is 11.5 Å². The number of aromatic carboxylic acids is 1. The third-order valence-corrected chi connectivity index (χ3v) is 2.46. The van der Waals surface area contributed by atoms with E-state index in [1.165, 1.54) is 20.3 Å². The summed E-state index contributed by atoms with van der Waals surface area (Å²) in [7, 11) is 2.98. The van der Waals surface area contributed by atoms with Gasteiger partial charge in [-0.25, -0.2) is 4.79 Å². The van der Waals surface area contributed by atoms with Crippen molar-refractivity contribution in [2.24, 2.45) is 0 Å². The zero-order chi connectivity index (χ0) is 13.0. The average Bonchev–Trinajstić information content (AvgIpc) is 2.26. The van der Waals surface area contributed by atoms with E-state index in [9.17, 15) is 4.79 Å². The Labute approximate surface area is 105 Å². The van der Waals surface area contributed by atoms with Crippen molar-refractivity contribution in [3.05, 3.63) is 23.3 Å². The first kappa shape index (κ1) is 13.6. The standard InChI is InChI=1S/C12H15ClO4/c1-7(13)4-8-5-9(12(14)15)6-10(16-2)11(8)17-3/h5-7H,4H2,1-3H3,(H,14,15)/t7-/m0/s1. The minimum atomic E-state index is -1.01. The second-order valence-corrected chi connectivity index (χ2v) is 4.41. The van der Waals surface area contributed by atoms with Gasteiger partial charge in [0.05, 0.1) is 19.8 Å². The Hall–Kier alpha value is -1.42. The number of carbonyl (C=O) groups is 1. The number of benzene rings is 1. The van der Waals surface area contributed by atoms with Crippen LogP contribution < -0.4 is 9.47 Å². The summed E-state index contributed by atoms with van der Waals surface area (Å²) in [6.45, 7) is 1.83. The lowest BCUT2D eigenvalue weighted by atomic mass is 10.0. The molecule has 1 atom stereocenters. The lowest BCUT2D eigenvalue weighted by Crippen LogP contribution is -2.05. The summed E-state index contributed by atoms with van der Waals surface area (Å²) in [5.74, 6) is -0.0702. The monoisotopic (exact) mass is 258 g/mol. The zero-order valence-corrected chi connectivity index (χ0v) is 10.7. The molecule has 4 nitrogen and oxygen atoms in total. The number of methoxy groups -OCH3 is 2. The lowest BCUT2D eigenvalue weighted by molar-refractivity contribution is 0.0696. The highest BCUT2D eigenvalue weighted by Gasteiger charge is 2.16. The third kappa shape index (κ3) is 3.27. The first-order valence-corrected chi connectivity index (χ1v) is 5.55. The molecule has 0 saturated carbocycles. The molecule has 1 N–H and O–H groups in total. The van der Waals surface area contributed by atoms with Crippen LogP contribution in [-0.4, -0.2) is 30.7 Å². The number of hydrogen-bond acceptors (Lipinski definition) is 3. The molecule has 1 rings (SSSR count). The number of halogens is 1. The summed E-state index contributed by atoms with van der Waals surface area (Å²) in [6.07, 6.45) is 0.516. The zero-order valence-electron chi connectivity index (χ0n) is 9.99. The van der Waals surface area contributed by atoms with Crippen molar-refractivity contribution in [2.45, 2.75) is 18.7 Å². The van der Waals surface area contributed by atoms with E-state index in [1.807, 2.05) is 6.92 Å². The Morgan fingerprint density at radius 3 is 2.47 bits per heavy atom. The maximum absolute atomic E-state index is 11.0. The van der Waals surface area contributed by atoms with E-state index in [2.05, 4.69) is 0 Å². The van der Waals surface area contributed by atoms with Crippen LogP contribution in [0.15, 0.2) is 12.1 Å². The number of ether oxygens (including phenoxy) is 2. The van der Waals surface area contributed by atoms with Gasteiger partial charge in [-0.15, -0.1) is 11.6 Å². The Kier molecular flexibility index (Phi) is 4.63. The van der Waals surface area contributed by atoms with E-state index in [0.29, 0.717) is 17.9 Å². The molecular formula is C12H15ClO4. The van der Waals surface area contributed by atoms with Crippen molar-refractivity contribution in [1.29, 1.82) is 0 Å². The molecule has 1 aromatic carbocycles. The van der Waals surface area contributed by atoms with E-state index >= 15 is 0 Å². The summed E-state index contributed by atoms with van der Waals surface area (Å²) >= 11 is 5.92. The number of carboxylic acid groups (broad SMARTS) is 1. The maximum atomic E-state index is 11.0. The van der Waals surface area contributed by atoms with Gasteiger partial charge in [-0.3, -0.25) is 0 Å². The van der Waals surface area contributed by atoms with Crippen LogP contribution in [0.5, 0.6) is 11.5 Å². The molecule has 0 radical (unpaired) electrons. The number of alkyl halides is 1. The van der Waals surface area contributed by atoms with Crippen molar-refractivity contribution in [1.82, 2.24) is 0 Å². The highest BCUT2D eigenvalue weighted by atomic mass is 35.5. The van der Waals surface area contributed by atoms with Gasteiger partial charge in [-0.05, 0) is 25.5 Å². The van der Waals surface area contributed by atoms with E-state index in [1.54, 1.807) is 6.07 Å². The molecule has 0 heterocycles. The van der Waals surface area contributed by atoms with Crippen LogP contribution in [-0.2, 0) is 6.42 Å². The first-order chi connectivity index (χ1) is 7.99. The highest BCUT2D eigenvalue weighted by molar-refractivity contribution is 6.20. The predicted octanol–water partition coefficient (Wildman–Crippen LogP) is 2.57. The van der Waals surface area contributed by atoms with Crippen LogP contribution in [0.25, 0.3) is 0 Å². The molecule has 0 unspecified atom stereocenters. The Bertz CT molecular complexity index is 415. The van der Waals surface area contributed by atoms with Gasteiger partial charge in [-0.2, -0.15) is 0 Å². The van der Waals surface area contributed by atoms with E-state index in [-0.39, 0.29) is 10.9 Å². The van der Waals surface area contributed by atoms with E-state index in [0.717, 1.165) is 5.56 Å². The summed E-state index contributed by atoms with van der Waals surface area (Å²) in [4.78, 5) is 11.0. The molecular weight excluding hydrogens is 244 g/mol. The maximum Gasteiger partial charge on any atom is 0.335 e. The van der Waals surface area contributed by atoms with Crippen molar-refractivity contribution >= 4 is 17.6 Å². The Balaban J connectivity index is 3.31. The summed E-state index contributed by atoms with van der Waals surface area (Å²) < 4.78 is 10.3. The number of rotatable bonds is 5. The minimum absolute atomic E-state index is 0.113. The van der Waals surface area contributed by atoms with Crippen LogP contribution in [0, 0.1) is 0 Å². The van der Waals surface area contributed by atoms with Gasteiger partial charge in [0.2, 0.25) is 0 Å². The lowest BCUT2D eigenvalue weighted by Gasteiger charge is -2.14. The molecule has 0 aliphatic carbocycles. The van der Waals surface area contributed by atoms with Gasteiger partial charge in [0, 0.05) is 10.9 Å². The summed E-state index contributed by atoms with van der Waals surface area (Å²) in [6, 6.07) is 2.99. The molecule has 0 aromatic heterocycles. The Morgan fingerprint density at radius 2 is 2.06 bits per heavy atom. The second kappa shape index (κ2) is 5.77. The topological polar surface area (TPSA) is 55.8 Å². The van der Waals surface area contributed by atoms with Gasteiger partial charge in [-0.1, -0.05) is 0 Å². The van der Waals surface area contributed by atoms with Crippen molar-refractivity contribution in [2.75, 3.05) is 14.2 Å². The fourth-order valence-electron chi connectivity index (χ4n) is 1.62. The van der Waals surface area contributed by atoms with Crippen molar-refractivity contribution in [3.63, 3.8) is 0 Å². The SMILES string of the molecule is COc1cc(C(=O)O)cc(C[C@H](C)Cl)c1OC. The smallest absolute Gasteiger partial charge is 0.335 e. The molecule has 0 bridgehead atoms. The van der Waals surface area contributed by atoms with Crippen LogP contribution in [0.1, 0.15) is 22.8 Å². The third-order valence-electron chi connectivity index (χ3n) is 2.30. The fourth-order valence-corrected chi connectivity index (χ4v) is 1.79. The molecule has 0 aliphatic heterocycles. The largest absolute Gasteiger partial charge is 0.493 e. The number of carboxylic acids is 1. The van der Waals surface area contributed by atoms with Gasteiger partial charge < -0.3 is 14.6 Å². The molecule has 17 heavy (non-hydrogen) atoms. The van der Waals surface area contributed by atoms with Crippen molar-refractivity contribution < 1.29 is 19.4 Å². The summed E-state index contributed by atoms with van der Waals surface area (Å²) in [5.41, 5.74) is 0.890. The molecule has 0 amide bonds. The molecule has 0 fully saturated rings. The predicted molar refractivity (Wildman–Crippen MR) is 65.5 cm³/mol. The van der Waals surface area contributed by atoms with E-state index < -0.39 is 5.97 Å². The quantitative estimate of drug-likeness (QED) is 0.825. The first-order valence-electron chi connectivity index (χ1n) is 5.11. The summed E-state index contributed by atoms with van der Waals surface area (Å²) in [5, 5.41) is 8.88. The molecule has 1 aromatic rings. The van der Waals surface area contributed by atoms with Gasteiger partial charge in [0.25, 0.3) is 0 Å². The van der Waals surface area contributed by atoms with Crippen LogP contribution in [0.2, 0.25) is 0 Å². The number of hydrogen-bond donors (Lipinski definition) is 1. The Morgan fingerprint density at radius 1 is 1.41 bits per heavy atom. The molecule has 0 saturated heterocycles. The van der Waals surface area contributed by atoms with Crippen molar-refractivity contribution in [3.8, 4) is 11.5 Å². The van der Waals surface area contributed by atoms with Crippen LogP contribution >= 0.6 is 11.6 Å². The molecule has 0 aliphatic rings. The molecule has 5 heteroatoms. The van der Waals surface area contributed by atoms with E-state index in [4.69, 9.17) is 26.2 Å². The normalized spacial score (nSPS) is 12.0. The highest BCUT2D eigenvalue weighted by Crippen LogP contribution is 2.33.